The van der Waals surface area contributed by atoms with Crippen molar-refractivity contribution in [3.63, 3.8) is 0 Å². The number of hydrogen-bond acceptors (Lipinski definition) is 4. The SMILES string of the molecule is N#C/C(=C\c1cn(Cc2cc(C(F)(F)F)cc(C(F)(F)F)c2)c2nccc(N=[N+]=[N-])c12)C(=O)O. The number of halogens is 6. The molecule has 0 radical (unpaired) electrons. The molecule has 1 N–H and O–H groups in total. The molecule has 0 aliphatic heterocycles. The predicted molar refractivity (Wildman–Crippen MR) is 105 cm³/mol. The van der Waals surface area contributed by atoms with Crippen LogP contribution in [0.15, 0.2) is 47.3 Å². The Morgan fingerprint density at radius 1 is 1.21 bits per heavy atom. The molecule has 14 heteroatoms. The summed E-state index contributed by atoms with van der Waals surface area (Å²) in [6.07, 6.45) is -6.79. The summed E-state index contributed by atoms with van der Waals surface area (Å²) in [6, 6.07) is 3.81. The van der Waals surface area contributed by atoms with E-state index in [0.29, 0.717) is 12.1 Å². The second kappa shape index (κ2) is 8.80. The maximum absolute atomic E-state index is 13.2. The molecule has 2 aromatic heterocycles. The zero-order valence-electron chi connectivity index (χ0n) is 16.6. The van der Waals surface area contributed by atoms with Crippen LogP contribution in [0, 0.1) is 11.3 Å². The van der Waals surface area contributed by atoms with E-state index in [9.17, 15) is 31.1 Å². The van der Waals surface area contributed by atoms with Gasteiger partial charge in [0.2, 0.25) is 0 Å². The molecule has 0 spiro atoms. The lowest BCUT2D eigenvalue weighted by atomic mass is 10.0. The fourth-order valence-electron chi connectivity index (χ4n) is 3.20. The quantitative estimate of drug-likeness (QED) is 0.119. The van der Waals surface area contributed by atoms with Crippen molar-refractivity contribution in [3.05, 3.63) is 74.9 Å². The summed E-state index contributed by atoms with van der Waals surface area (Å²) in [7, 11) is 0. The molecule has 3 rings (SSSR count). The van der Waals surface area contributed by atoms with E-state index in [1.54, 1.807) is 0 Å². The molecule has 1 aromatic carbocycles. The molecule has 3 aromatic rings. The molecule has 0 aliphatic carbocycles. The first-order valence-electron chi connectivity index (χ1n) is 9.01. The number of aromatic nitrogens is 2. The summed E-state index contributed by atoms with van der Waals surface area (Å²) < 4.78 is 80.4. The molecule has 2 heterocycles. The zero-order valence-corrected chi connectivity index (χ0v) is 16.6. The summed E-state index contributed by atoms with van der Waals surface area (Å²) in [5, 5.41) is 21.7. The molecule has 0 fully saturated rings. The highest BCUT2D eigenvalue weighted by Gasteiger charge is 2.37. The summed E-state index contributed by atoms with van der Waals surface area (Å²) >= 11 is 0. The highest BCUT2D eigenvalue weighted by molar-refractivity contribution is 6.02. The van der Waals surface area contributed by atoms with Gasteiger partial charge in [0.05, 0.1) is 16.8 Å². The van der Waals surface area contributed by atoms with Crippen LogP contribution in [0.25, 0.3) is 27.6 Å². The molecule has 174 valence electrons. The number of pyridine rings is 1. The Labute approximate surface area is 185 Å². The molecule has 8 nitrogen and oxygen atoms in total. The summed E-state index contributed by atoms with van der Waals surface area (Å²) in [5.41, 5.74) is 4.64. The minimum Gasteiger partial charge on any atom is -0.477 e. The van der Waals surface area contributed by atoms with Crippen molar-refractivity contribution < 1.29 is 36.2 Å². The largest absolute Gasteiger partial charge is 0.477 e. The van der Waals surface area contributed by atoms with E-state index in [1.165, 1.54) is 24.5 Å². The first-order chi connectivity index (χ1) is 15.8. The summed E-state index contributed by atoms with van der Waals surface area (Å²) in [6.45, 7) is -0.529. The van der Waals surface area contributed by atoms with Crippen molar-refractivity contribution in [1.29, 1.82) is 5.26 Å². The second-order valence-corrected chi connectivity index (χ2v) is 6.82. The molecule has 0 saturated heterocycles. The van der Waals surface area contributed by atoms with Gasteiger partial charge in [0.15, 0.2) is 0 Å². The van der Waals surface area contributed by atoms with Crippen LogP contribution in [-0.4, -0.2) is 20.6 Å². The highest BCUT2D eigenvalue weighted by atomic mass is 19.4. The number of carbonyl (C=O) groups is 1. The first kappa shape index (κ1) is 24.1. The van der Waals surface area contributed by atoms with Crippen LogP contribution in [0.3, 0.4) is 0 Å². The van der Waals surface area contributed by atoms with Crippen molar-refractivity contribution >= 4 is 28.8 Å². The molecule has 0 aliphatic rings. The van der Waals surface area contributed by atoms with Gasteiger partial charge in [0.25, 0.3) is 0 Å². The Morgan fingerprint density at radius 3 is 2.32 bits per heavy atom. The maximum atomic E-state index is 13.2. The number of rotatable bonds is 5. The van der Waals surface area contributed by atoms with Gasteiger partial charge in [0.1, 0.15) is 17.3 Å². The van der Waals surface area contributed by atoms with Crippen molar-refractivity contribution in [2.75, 3.05) is 0 Å². The molecule has 0 atom stereocenters. The van der Waals surface area contributed by atoms with Crippen molar-refractivity contribution in [2.24, 2.45) is 5.11 Å². The topological polar surface area (TPSA) is 128 Å². The number of nitriles is 1. The van der Waals surface area contributed by atoms with Crippen molar-refractivity contribution in [2.45, 2.75) is 18.9 Å². The van der Waals surface area contributed by atoms with Gasteiger partial charge in [0, 0.05) is 34.8 Å². The molecule has 34 heavy (non-hydrogen) atoms. The van der Waals surface area contributed by atoms with Crippen molar-refractivity contribution in [3.8, 4) is 6.07 Å². The first-order valence-corrected chi connectivity index (χ1v) is 9.01. The van der Waals surface area contributed by atoms with Crippen LogP contribution in [0.4, 0.5) is 32.0 Å². The molecular weight excluding hydrogens is 470 g/mol. The summed E-state index contributed by atoms with van der Waals surface area (Å²) in [5.74, 6) is -1.58. The van der Waals surface area contributed by atoms with Gasteiger partial charge >= 0.3 is 18.3 Å². The smallest absolute Gasteiger partial charge is 0.416 e. The highest BCUT2D eigenvalue weighted by Crippen LogP contribution is 2.37. The number of carboxylic acid groups (broad SMARTS) is 1. The Kier molecular flexibility index (Phi) is 6.25. The lowest BCUT2D eigenvalue weighted by Crippen LogP contribution is -2.12. The van der Waals surface area contributed by atoms with Gasteiger partial charge in [-0.1, -0.05) is 5.11 Å². The van der Waals surface area contributed by atoms with E-state index in [4.69, 9.17) is 15.9 Å². The van der Waals surface area contributed by atoms with E-state index >= 15 is 0 Å². The van der Waals surface area contributed by atoms with Gasteiger partial charge in [-0.25, -0.2) is 9.78 Å². The number of alkyl halides is 6. The normalized spacial score (nSPS) is 12.3. The third-order valence-corrected chi connectivity index (χ3v) is 4.57. The van der Waals surface area contributed by atoms with Crippen LogP contribution in [0.1, 0.15) is 22.3 Å². The lowest BCUT2D eigenvalue weighted by molar-refractivity contribution is -0.143. The van der Waals surface area contributed by atoms with E-state index in [2.05, 4.69) is 15.0 Å². The van der Waals surface area contributed by atoms with Crippen molar-refractivity contribution in [1.82, 2.24) is 9.55 Å². The summed E-state index contributed by atoms with van der Waals surface area (Å²) in [4.78, 5) is 17.9. The van der Waals surface area contributed by atoms with Crippen LogP contribution in [0.2, 0.25) is 0 Å². The number of hydrogen-bond donors (Lipinski definition) is 1. The van der Waals surface area contributed by atoms with Crippen LogP contribution >= 0.6 is 0 Å². The van der Waals surface area contributed by atoms with Gasteiger partial charge < -0.3 is 9.67 Å². The Bertz CT molecular complexity index is 1380. The van der Waals surface area contributed by atoms with E-state index in [0.717, 1.165) is 10.6 Å². The van der Waals surface area contributed by atoms with Gasteiger partial charge in [-0.05, 0) is 41.4 Å². The predicted octanol–water partition coefficient (Wildman–Crippen LogP) is 6.06. The third-order valence-electron chi connectivity index (χ3n) is 4.57. The van der Waals surface area contributed by atoms with Gasteiger partial charge in [-0.2, -0.15) is 31.6 Å². The van der Waals surface area contributed by atoms with E-state index < -0.39 is 41.6 Å². The van der Waals surface area contributed by atoms with Gasteiger partial charge in [-0.15, -0.1) is 0 Å². The average molecular weight is 480 g/mol. The number of nitrogens with zero attached hydrogens (tertiary/aromatic N) is 6. The molecule has 0 bridgehead atoms. The molecule has 0 unspecified atom stereocenters. The average Bonchev–Trinajstić information content (AvgIpc) is 3.08. The van der Waals surface area contributed by atoms with Gasteiger partial charge in [-0.3, -0.25) is 0 Å². The molecular formula is C20H10F6N6O2. The second-order valence-electron chi connectivity index (χ2n) is 6.82. The fourth-order valence-corrected chi connectivity index (χ4v) is 3.20. The molecule has 0 saturated carbocycles. The lowest BCUT2D eigenvalue weighted by Gasteiger charge is -2.15. The number of carboxylic acids is 1. The fraction of sp³-hybridized carbons (Fsp3) is 0.150. The minimum atomic E-state index is -5.04. The van der Waals surface area contributed by atoms with E-state index in [-0.39, 0.29) is 33.9 Å². The Hall–Kier alpha value is -4.50. The van der Waals surface area contributed by atoms with Crippen LogP contribution in [-0.2, 0) is 23.7 Å². The standard InChI is InChI=1S/C20H10F6N6O2/c21-19(22,23)13-3-10(4-14(6-13)20(24,25)26)8-32-9-12(5-11(7-27)18(33)34)16-15(30-31-28)1-2-29-17(16)32/h1-6,9H,8H2,(H,33,34)/b11-5+. The maximum Gasteiger partial charge on any atom is 0.416 e. The number of benzene rings is 1. The third kappa shape index (κ3) is 4.94. The van der Waals surface area contributed by atoms with Crippen LogP contribution in [0.5, 0.6) is 0 Å². The number of azide groups is 1. The number of aliphatic carboxylic acids is 1. The van der Waals surface area contributed by atoms with E-state index in [1.807, 2.05) is 0 Å². The zero-order chi connectivity index (χ0) is 25.3. The Morgan fingerprint density at radius 2 is 1.82 bits per heavy atom. The number of fused-ring (bicyclic) bond motifs is 1. The Balaban J connectivity index is 2.26. The monoisotopic (exact) mass is 480 g/mol. The van der Waals surface area contributed by atoms with Crippen LogP contribution < -0.4 is 0 Å². The minimum absolute atomic E-state index is 0.00449. The molecule has 0 amide bonds.